The molecule has 2 atom stereocenters. The molecule has 3 nitrogen and oxygen atoms in total. The summed E-state index contributed by atoms with van der Waals surface area (Å²) in [5.74, 6) is 0. The van der Waals surface area contributed by atoms with Crippen LogP contribution in [0.2, 0.25) is 0 Å². The van der Waals surface area contributed by atoms with E-state index in [4.69, 9.17) is 4.74 Å². The number of para-hydroxylation sites is 1. The SMILES string of the molecule is CNC(CCCC1CCCO1)c1cccc2cccnc12. The molecule has 2 unspecified atom stereocenters. The Kier molecular flexibility index (Phi) is 4.84. The van der Waals surface area contributed by atoms with Gasteiger partial charge in [-0.05, 0) is 50.8 Å². The van der Waals surface area contributed by atoms with Crippen molar-refractivity contribution in [1.82, 2.24) is 10.3 Å². The van der Waals surface area contributed by atoms with Crippen LogP contribution in [-0.4, -0.2) is 24.7 Å². The molecule has 2 aromatic rings. The lowest BCUT2D eigenvalue weighted by Crippen LogP contribution is -2.17. The number of aromatic nitrogens is 1. The standard InChI is InChI=1S/C18H24N2O/c1-19-17(11-3-8-15-9-5-13-21-15)16-10-2-6-14-7-4-12-20-18(14)16/h2,4,6-7,10,12,15,17,19H,3,5,8-9,11,13H2,1H3. The topological polar surface area (TPSA) is 34.1 Å². The lowest BCUT2D eigenvalue weighted by Gasteiger charge is -2.19. The number of rotatable bonds is 6. The van der Waals surface area contributed by atoms with Crippen LogP contribution >= 0.6 is 0 Å². The minimum atomic E-state index is 0.366. The molecule has 2 heterocycles. The predicted molar refractivity (Wildman–Crippen MR) is 86.4 cm³/mol. The molecule has 3 rings (SSSR count). The Labute approximate surface area is 126 Å². The van der Waals surface area contributed by atoms with E-state index in [1.165, 1.54) is 36.6 Å². The predicted octanol–water partition coefficient (Wildman–Crippen LogP) is 3.84. The van der Waals surface area contributed by atoms with Gasteiger partial charge in [-0.3, -0.25) is 4.98 Å². The zero-order valence-corrected chi connectivity index (χ0v) is 12.7. The van der Waals surface area contributed by atoms with Gasteiger partial charge in [-0.1, -0.05) is 24.3 Å². The van der Waals surface area contributed by atoms with Gasteiger partial charge in [0.1, 0.15) is 0 Å². The van der Waals surface area contributed by atoms with Crippen LogP contribution in [0.25, 0.3) is 10.9 Å². The Morgan fingerprint density at radius 1 is 1.33 bits per heavy atom. The lowest BCUT2D eigenvalue weighted by molar-refractivity contribution is 0.101. The van der Waals surface area contributed by atoms with Gasteiger partial charge >= 0.3 is 0 Å². The molecule has 1 N–H and O–H groups in total. The molecule has 1 aromatic carbocycles. The highest BCUT2D eigenvalue weighted by atomic mass is 16.5. The molecule has 0 spiro atoms. The summed E-state index contributed by atoms with van der Waals surface area (Å²) in [6, 6.07) is 10.9. The molecular weight excluding hydrogens is 260 g/mol. The summed E-state index contributed by atoms with van der Waals surface area (Å²) in [4.78, 5) is 4.57. The second kappa shape index (κ2) is 7.01. The maximum atomic E-state index is 5.71. The Bertz CT molecular complexity index is 573. The first-order valence-electron chi connectivity index (χ1n) is 8.01. The summed E-state index contributed by atoms with van der Waals surface area (Å²) < 4.78 is 5.71. The Morgan fingerprint density at radius 3 is 3.05 bits per heavy atom. The van der Waals surface area contributed by atoms with Gasteiger partial charge < -0.3 is 10.1 Å². The first-order chi connectivity index (χ1) is 10.4. The summed E-state index contributed by atoms with van der Waals surface area (Å²) in [6.07, 6.45) is 8.34. The molecule has 112 valence electrons. The van der Waals surface area contributed by atoms with Crippen LogP contribution in [0.3, 0.4) is 0 Å². The Balaban J connectivity index is 1.69. The van der Waals surface area contributed by atoms with E-state index >= 15 is 0 Å². The molecule has 1 fully saturated rings. The maximum Gasteiger partial charge on any atom is 0.0749 e. The number of pyridine rings is 1. The summed E-state index contributed by atoms with van der Waals surface area (Å²) in [5.41, 5.74) is 2.43. The van der Waals surface area contributed by atoms with Crippen molar-refractivity contribution in [2.45, 2.75) is 44.2 Å². The van der Waals surface area contributed by atoms with Crippen molar-refractivity contribution < 1.29 is 4.74 Å². The molecule has 21 heavy (non-hydrogen) atoms. The van der Waals surface area contributed by atoms with Gasteiger partial charge in [-0.2, -0.15) is 0 Å². The number of fused-ring (bicyclic) bond motifs is 1. The lowest BCUT2D eigenvalue weighted by atomic mass is 9.97. The van der Waals surface area contributed by atoms with Gasteiger partial charge in [-0.15, -0.1) is 0 Å². The van der Waals surface area contributed by atoms with Crippen LogP contribution in [0.1, 0.15) is 43.7 Å². The Hall–Kier alpha value is -1.45. The average Bonchev–Trinajstić information content (AvgIpc) is 3.05. The quantitative estimate of drug-likeness (QED) is 0.875. The van der Waals surface area contributed by atoms with E-state index in [0.717, 1.165) is 18.5 Å². The summed E-state index contributed by atoms with van der Waals surface area (Å²) in [6.45, 7) is 0.952. The summed E-state index contributed by atoms with van der Waals surface area (Å²) in [5, 5.41) is 4.67. The third-order valence-electron chi connectivity index (χ3n) is 4.43. The number of hydrogen-bond acceptors (Lipinski definition) is 3. The monoisotopic (exact) mass is 284 g/mol. The van der Waals surface area contributed by atoms with Gasteiger partial charge in [0.25, 0.3) is 0 Å². The summed E-state index contributed by atoms with van der Waals surface area (Å²) >= 11 is 0. The van der Waals surface area contributed by atoms with E-state index in [1.807, 2.05) is 19.3 Å². The van der Waals surface area contributed by atoms with E-state index < -0.39 is 0 Å². The van der Waals surface area contributed by atoms with E-state index in [2.05, 4.69) is 34.6 Å². The van der Waals surface area contributed by atoms with Crippen LogP contribution in [0.5, 0.6) is 0 Å². The second-order valence-electron chi connectivity index (χ2n) is 5.83. The molecule has 0 amide bonds. The third-order valence-corrected chi connectivity index (χ3v) is 4.43. The van der Waals surface area contributed by atoms with E-state index in [9.17, 15) is 0 Å². The molecule has 3 heteroatoms. The van der Waals surface area contributed by atoms with Crippen LogP contribution in [0.15, 0.2) is 36.5 Å². The van der Waals surface area contributed by atoms with Crippen LogP contribution in [-0.2, 0) is 4.74 Å². The van der Waals surface area contributed by atoms with Gasteiger partial charge in [0.15, 0.2) is 0 Å². The average molecular weight is 284 g/mol. The first-order valence-corrected chi connectivity index (χ1v) is 8.01. The van der Waals surface area contributed by atoms with Gasteiger partial charge in [0.05, 0.1) is 11.6 Å². The molecular formula is C18H24N2O. The molecule has 1 aromatic heterocycles. The normalized spacial score (nSPS) is 20.0. The molecule has 0 bridgehead atoms. The van der Waals surface area contributed by atoms with Crippen LogP contribution in [0, 0.1) is 0 Å². The Morgan fingerprint density at radius 2 is 2.24 bits per heavy atom. The smallest absolute Gasteiger partial charge is 0.0749 e. The minimum Gasteiger partial charge on any atom is -0.378 e. The highest BCUT2D eigenvalue weighted by Gasteiger charge is 2.17. The molecule has 1 aliphatic rings. The largest absolute Gasteiger partial charge is 0.378 e. The fourth-order valence-electron chi connectivity index (χ4n) is 3.29. The van der Waals surface area contributed by atoms with E-state index in [1.54, 1.807) is 0 Å². The molecule has 1 aliphatic heterocycles. The first kappa shape index (κ1) is 14.5. The third kappa shape index (κ3) is 3.42. The zero-order valence-electron chi connectivity index (χ0n) is 12.7. The number of ether oxygens (including phenoxy) is 1. The molecule has 0 aliphatic carbocycles. The fraction of sp³-hybridized carbons (Fsp3) is 0.500. The van der Waals surface area contributed by atoms with Crippen molar-refractivity contribution in [2.24, 2.45) is 0 Å². The van der Waals surface area contributed by atoms with E-state index in [-0.39, 0.29) is 0 Å². The van der Waals surface area contributed by atoms with Crippen LogP contribution < -0.4 is 5.32 Å². The van der Waals surface area contributed by atoms with Gasteiger partial charge in [0, 0.05) is 24.2 Å². The summed E-state index contributed by atoms with van der Waals surface area (Å²) in [7, 11) is 2.04. The highest BCUT2D eigenvalue weighted by molar-refractivity contribution is 5.81. The van der Waals surface area contributed by atoms with Crippen molar-refractivity contribution in [3.63, 3.8) is 0 Å². The highest BCUT2D eigenvalue weighted by Crippen LogP contribution is 2.27. The fourth-order valence-corrected chi connectivity index (χ4v) is 3.29. The van der Waals surface area contributed by atoms with Crippen molar-refractivity contribution in [3.8, 4) is 0 Å². The second-order valence-corrected chi connectivity index (χ2v) is 5.83. The molecule has 0 radical (unpaired) electrons. The van der Waals surface area contributed by atoms with Crippen molar-refractivity contribution >= 4 is 10.9 Å². The van der Waals surface area contributed by atoms with Gasteiger partial charge in [-0.25, -0.2) is 0 Å². The number of nitrogens with zero attached hydrogens (tertiary/aromatic N) is 1. The molecule has 0 saturated carbocycles. The van der Waals surface area contributed by atoms with E-state index in [0.29, 0.717) is 12.1 Å². The van der Waals surface area contributed by atoms with Crippen molar-refractivity contribution in [3.05, 3.63) is 42.1 Å². The maximum absolute atomic E-state index is 5.71. The number of hydrogen-bond donors (Lipinski definition) is 1. The van der Waals surface area contributed by atoms with Crippen LogP contribution in [0.4, 0.5) is 0 Å². The van der Waals surface area contributed by atoms with Gasteiger partial charge in [0.2, 0.25) is 0 Å². The van der Waals surface area contributed by atoms with Crippen molar-refractivity contribution in [2.75, 3.05) is 13.7 Å². The number of nitrogens with one attached hydrogen (secondary N) is 1. The zero-order chi connectivity index (χ0) is 14.5. The number of benzene rings is 1. The van der Waals surface area contributed by atoms with Crippen molar-refractivity contribution in [1.29, 1.82) is 0 Å². The minimum absolute atomic E-state index is 0.366. The molecule has 1 saturated heterocycles.